The second kappa shape index (κ2) is 5.65. The van der Waals surface area contributed by atoms with E-state index in [0.29, 0.717) is 4.88 Å². The molecule has 88 valence electrons. The highest BCUT2D eigenvalue weighted by atomic mass is 79.9. The molecule has 0 spiro atoms. The van der Waals surface area contributed by atoms with E-state index < -0.39 is 0 Å². The molecular formula is C8H9Br2N3O2S. The summed E-state index contributed by atoms with van der Waals surface area (Å²) in [5.41, 5.74) is 5.32. The fourth-order valence-electron chi connectivity index (χ4n) is 0.987. The number of amides is 1. The summed E-state index contributed by atoms with van der Waals surface area (Å²) in [5, 5.41) is 11.2. The van der Waals surface area contributed by atoms with Crippen molar-refractivity contribution in [2.45, 2.75) is 0 Å². The quantitative estimate of drug-likeness (QED) is 0.370. The van der Waals surface area contributed by atoms with E-state index in [9.17, 15) is 4.79 Å². The molecule has 0 atom stereocenters. The lowest BCUT2D eigenvalue weighted by atomic mass is 10.4. The fraction of sp³-hybridized carbons (Fsp3) is 0.250. The third-order valence-corrected chi connectivity index (χ3v) is 4.97. The molecular weight excluding hydrogens is 362 g/mol. The molecule has 1 aromatic heterocycles. The summed E-state index contributed by atoms with van der Waals surface area (Å²) in [6.07, 6.45) is 0. The van der Waals surface area contributed by atoms with Crippen LogP contribution in [0.2, 0.25) is 0 Å². The molecule has 16 heavy (non-hydrogen) atoms. The molecule has 0 aliphatic heterocycles. The molecule has 3 N–H and O–H groups in total. The number of likely N-dealkylation sites (N-methyl/N-ethyl adjacent to an activating group) is 1. The predicted molar refractivity (Wildman–Crippen MR) is 70.1 cm³/mol. The Labute approximate surface area is 113 Å². The number of nitrogens with two attached hydrogens (primary N) is 1. The summed E-state index contributed by atoms with van der Waals surface area (Å²) in [4.78, 5) is 13.8. The van der Waals surface area contributed by atoms with Crippen LogP contribution in [0.5, 0.6) is 0 Å². The van der Waals surface area contributed by atoms with Crippen molar-refractivity contribution in [3.05, 3.63) is 19.2 Å². The Morgan fingerprint density at radius 3 is 2.75 bits per heavy atom. The lowest BCUT2D eigenvalue weighted by Crippen LogP contribution is -2.35. The predicted octanol–water partition coefficient (Wildman–Crippen LogP) is 2.09. The molecule has 0 aliphatic carbocycles. The number of nitrogens with zero attached hydrogens (tertiary/aromatic N) is 2. The molecule has 0 unspecified atom stereocenters. The zero-order valence-electron chi connectivity index (χ0n) is 8.28. The van der Waals surface area contributed by atoms with Crippen LogP contribution in [0.15, 0.2) is 19.5 Å². The van der Waals surface area contributed by atoms with Gasteiger partial charge in [0.1, 0.15) is 0 Å². The Morgan fingerprint density at radius 2 is 2.31 bits per heavy atom. The second-order valence-corrected chi connectivity index (χ2v) is 6.21. The van der Waals surface area contributed by atoms with Gasteiger partial charge in [-0.05, 0) is 37.9 Å². The third kappa shape index (κ3) is 3.19. The average molecular weight is 371 g/mol. The number of hydrogen-bond donors (Lipinski definition) is 2. The van der Waals surface area contributed by atoms with Gasteiger partial charge >= 0.3 is 0 Å². The largest absolute Gasteiger partial charge is 0.409 e. The highest BCUT2D eigenvalue weighted by Crippen LogP contribution is 2.32. The van der Waals surface area contributed by atoms with Crippen molar-refractivity contribution >= 4 is 54.9 Å². The van der Waals surface area contributed by atoms with Gasteiger partial charge in [0.2, 0.25) is 0 Å². The first kappa shape index (κ1) is 13.5. The van der Waals surface area contributed by atoms with Crippen molar-refractivity contribution in [1.82, 2.24) is 4.90 Å². The Kier molecular flexibility index (Phi) is 4.75. The Bertz CT molecular complexity index is 413. The van der Waals surface area contributed by atoms with Crippen LogP contribution in [-0.2, 0) is 0 Å². The molecule has 0 bridgehead atoms. The normalized spacial score (nSPS) is 11.6. The van der Waals surface area contributed by atoms with Gasteiger partial charge in [-0.25, -0.2) is 0 Å². The molecule has 8 heteroatoms. The van der Waals surface area contributed by atoms with Gasteiger partial charge in [-0.3, -0.25) is 4.79 Å². The maximum atomic E-state index is 11.9. The zero-order chi connectivity index (χ0) is 12.3. The van der Waals surface area contributed by atoms with Crippen LogP contribution in [0, 0.1) is 0 Å². The Hall–Kier alpha value is -0.600. The van der Waals surface area contributed by atoms with Crippen molar-refractivity contribution in [3.8, 4) is 0 Å². The minimum Gasteiger partial charge on any atom is -0.409 e. The summed E-state index contributed by atoms with van der Waals surface area (Å²) in [7, 11) is 1.59. The number of carbonyl (C=O) groups excluding carboxylic acids is 1. The van der Waals surface area contributed by atoms with E-state index in [-0.39, 0.29) is 18.3 Å². The maximum absolute atomic E-state index is 11.9. The summed E-state index contributed by atoms with van der Waals surface area (Å²) in [6, 6.07) is 1.72. The minimum absolute atomic E-state index is 0.00876. The van der Waals surface area contributed by atoms with Gasteiger partial charge in [0.25, 0.3) is 5.91 Å². The molecule has 1 rings (SSSR count). The SMILES string of the molecule is CN(CC(N)=NO)C(=O)c1cc(Br)c(Br)s1. The van der Waals surface area contributed by atoms with Gasteiger partial charge in [-0.1, -0.05) is 5.16 Å². The summed E-state index contributed by atoms with van der Waals surface area (Å²) in [6.45, 7) is 0.0858. The molecule has 0 saturated carbocycles. The number of hydrogen-bond acceptors (Lipinski definition) is 4. The van der Waals surface area contributed by atoms with Gasteiger partial charge in [0.05, 0.1) is 15.2 Å². The lowest BCUT2D eigenvalue weighted by molar-refractivity contribution is 0.0818. The molecule has 1 amide bonds. The highest BCUT2D eigenvalue weighted by Gasteiger charge is 2.16. The Balaban J connectivity index is 2.78. The van der Waals surface area contributed by atoms with E-state index in [1.54, 1.807) is 13.1 Å². The van der Waals surface area contributed by atoms with Gasteiger partial charge in [-0.2, -0.15) is 0 Å². The van der Waals surface area contributed by atoms with Crippen molar-refractivity contribution in [3.63, 3.8) is 0 Å². The first-order chi connectivity index (χ1) is 7.45. The second-order valence-electron chi connectivity index (χ2n) is 2.98. The maximum Gasteiger partial charge on any atom is 0.264 e. The first-order valence-corrected chi connectivity index (χ1v) is 6.52. The van der Waals surface area contributed by atoms with Gasteiger partial charge in [-0.15, -0.1) is 11.3 Å². The van der Waals surface area contributed by atoms with Crippen LogP contribution in [0.1, 0.15) is 9.67 Å². The van der Waals surface area contributed by atoms with Gasteiger partial charge in [0, 0.05) is 11.5 Å². The van der Waals surface area contributed by atoms with Gasteiger partial charge in [0.15, 0.2) is 5.84 Å². The highest BCUT2D eigenvalue weighted by molar-refractivity contribution is 9.13. The van der Waals surface area contributed by atoms with Crippen molar-refractivity contribution in [2.75, 3.05) is 13.6 Å². The summed E-state index contributed by atoms with van der Waals surface area (Å²) in [5.74, 6) is -0.187. The zero-order valence-corrected chi connectivity index (χ0v) is 12.3. The monoisotopic (exact) mass is 369 g/mol. The van der Waals surface area contributed by atoms with Crippen LogP contribution in [0.4, 0.5) is 0 Å². The molecule has 0 aromatic carbocycles. The van der Waals surface area contributed by atoms with Crippen molar-refractivity contribution < 1.29 is 10.0 Å². The fourth-order valence-corrected chi connectivity index (χ4v) is 3.02. The standard InChI is InChI=1S/C8H9Br2N3O2S/c1-13(3-6(11)12-15)8(14)5-2-4(9)7(10)16-5/h2,15H,3H2,1H3,(H2,11,12). The molecule has 0 saturated heterocycles. The smallest absolute Gasteiger partial charge is 0.264 e. The van der Waals surface area contributed by atoms with Crippen LogP contribution in [0.3, 0.4) is 0 Å². The molecule has 0 aliphatic rings. The molecule has 0 fully saturated rings. The van der Waals surface area contributed by atoms with E-state index in [1.165, 1.54) is 16.2 Å². The number of carbonyl (C=O) groups is 1. The molecule has 1 heterocycles. The van der Waals surface area contributed by atoms with Crippen LogP contribution in [-0.4, -0.2) is 35.4 Å². The van der Waals surface area contributed by atoms with Crippen molar-refractivity contribution in [1.29, 1.82) is 0 Å². The van der Waals surface area contributed by atoms with Gasteiger partial charge < -0.3 is 15.8 Å². The van der Waals surface area contributed by atoms with E-state index in [4.69, 9.17) is 10.9 Å². The number of halogens is 2. The first-order valence-electron chi connectivity index (χ1n) is 4.12. The minimum atomic E-state index is -0.178. The van der Waals surface area contributed by atoms with E-state index in [1.807, 2.05) is 0 Å². The van der Waals surface area contributed by atoms with Crippen LogP contribution >= 0.6 is 43.2 Å². The number of rotatable bonds is 3. The number of thiophene rings is 1. The van der Waals surface area contributed by atoms with E-state index in [0.717, 1.165) is 8.26 Å². The van der Waals surface area contributed by atoms with E-state index >= 15 is 0 Å². The summed E-state index contributed by atoms with van der Waals surface area (Å²) < 4.78 is 1.69. The van der Waals surface area contributed by atoms with E-state index in [2.05, 4.69) is 37.0 Å². The molecule has 0 radical (unpaired) electrons. The molecule has 1 aromatic rings. The van der Waals surface area contributed by atoms with Crippen molar-refractivity contribution in [2.24, 2.45) is 10.9 Å². The van der Waals surface area contributed by atoms with Crippen LogP contribution < -0.4 is 5.73 Å². The lowest BCUT2D eigenvalue weighted by Gasteiger charge is -2.14. The number of oxime groups is 1. The van der Waals surface area contributed by atoms with Crippen LogP contribution in [0.25, 0.3) is 0 Å². The topological polar surface area (TPSA) is 78.9 Å². The Morgan fingerprint density at radius 1 is 1.69 bits per heavy atom. The summed E-state index contributed by atoms with van der Waals surface area (Å²) >= 11 is 7.93. The average Bonchev–Trinajstić information content (AvgIpc) is 2.57. The molecule has 5 nitrogen and oxygen atoms in total. The number of amidine groups is 1. The third-order valence-electron chi connectivity index (χ3n) is 1.73.